The van der Waals surface area contributed by atoms with Gasteiger partial charge in [0.1, 0.15) is 0 Å². The smallest absolute Gasteiger partial charge is 0.157 e. The van der Waals surface area contributed by atoms with Gasteiger partial charge in [-0.05, 0) is 25.7 Å². The molecule has 78 valence electrons. The molecule has 3 heteroatoms. The van der Waals surface area contributed by atoms with Crippen molar-refractivity contribution < 1.29 is 9.53 Å². The van der Waals surface area contributed by atoms with Crippen LogP contribution < -0.4 is 5.32 Å². The van der Waals surface area contributed by atoms with Gasteiger partial charge in [-0.1, -0.05) is 0 Å². The van der Waals surface area contributed by atoms with Crippen LogP contribution in [-0.2, 0) is 9.53 Å². The zero-order valence-electron chi connectivity index (χ0n) is 8.42. The molecule has 1 saturated heterocycles. The minimum Gasteiger partial charge on any atom is -0.386 e. The zero-order chi connectivity index (χ0) is 9.80. The Kier molecular flexibility index (Phi) is 3.19. The van der Waals surface area contributed by atoms with Crippen LogP contribution in [0.3, 0.4) is 0 Å². The average Bonchev–Trinajstić information content (AvgIpc) is 2.67. The molecule has 0 amide bonds. The van der Waals surface area contributed by atoms with Crippen molar-refractivity contribution in [3.8, 4) is 0 Å². The van der Waals surface area contributed by atoms with Crippen molar-refractivity contribution in [2.45, 2.75) is 38.2 Å². The maximum Gasteiger partial charge on any atom is 0.157 e. The molecule has 1 fully saturated rings. The second-order valence-electron chi connectivity index (χ2n) is 4.01. The second-order valence-corrected chi connectivity index (χ2v) is 4.01. The topological polar surface area (TPSA) is 38.3 Å². The van der Waals surface area contributed by atoms with E-state index in [1.54, 1.807) is 6.08 Å². The predicted octanol–water partition coefficient (Wildman–Crippen LogP) is 1.39. The van der Waals surface area contributed by atoms with Crippen LogP contribution >= 0.6 is 0 Å². The van der Waals surface area contributed by atoms with Crippen LogP contribution in [0.5, 0.6) is 0 Å². The molecule has 1 aliphatic heterocycles. The largest absolute Gasteiger partial charge is 0.386 e. The van der Waals surface area contributed by atoms with E-state index in [4.69, 9.17) is 4.74 Å². The van der Waals surface area contributed by atoms with Crippen LogP contribution in [0.25, 0.3) is 0 Å². The number of allylic oxidation sites excluding steroid dienone is 2. The Morgan fingerprint density at radius 3 is 3.07 bits per heavy atom. The molecule has 0 aromatic heterocycles. The fourth-order valence-electron chi connectivity index (χ4n) is 1.98. The lowest BCUT2D eigenvalue weighted by Crippen LogP contribution is -2.27. The Morgan fingerprint density at radius 1 is 1.43 bits per heavy atom. The standard InChI is InChI=1S/C11H17NO2/c13-10-4-1-3-9(7-10)12-8-11-5-2-6-14-11/h7,11-12H,1-6,8H2. The van der Waals surface area contributed by atoms with Gasteiger partial charge in [0.05, 0.1) is 6.10 Å². The fraction of sp³-hybridized carbons (Fsp3) is 0.727. The molecule has 1 atom stereocenters. The van der Waals surface area contributed by atoms with Gasteiger partial charge in [0.2, 0.25) is 0 Å². The molecule has 3 nitrogen and oxygen atoms in total. The van der Waals surface area contributed by atoms with Gasteiger partial charge in [-0.25, -0.2) is 0 Å². The molecule has 0 aromatic carbocycles. The van der Waals surface area contributed by atoms with Gasteiger partial charge < -0.3 is 10.1 Å². The summed E-state index contributed by atoms with van der Waals surface area (Å²) in [7, 11) is 0. The number of rotatable bonds is 3. The SMILES string of the molecule is O=C1C=C(NCC2CCCO2)CCC1. The van der Waals surface area contributed by atoms with Crippen LogP contribution in [0, 0.1) is 0 Å². The van der Waals surface area contributed by atoms with Gasteiger partial charge in [0.25, 0.3) is 0 Å². The molecule has 0 radical (unpaired) electrons. The molecule has 2 aliphatic rings. The Labute approximate surface area is 84.5 Å². The quantitative estimate of drug-likeness (QED) is 0.739. The van der Waals surface area contributed by atoms with E-state index in [1.165, 1.54) is 6.42 Å². The van der Waals surface area contributed by atoms with Crippen molar-refractivity contribution >= 4 is 5.78 Å². The molecule has 2 rings (SSSR count). The van der Waals surface area contributed by atoms with Crippen LogP contribution in [-0.4, -0.2) is 25.0 Å². The summed E-state index contributed by atoms with van der Waals surface area (Å²) in [4.78, 5) is 11.1. The minimum atomic E-state index is 0.256. The van der Waals surface area contributed by atoms with Crippen molar-refractivity contribution in [1.29, 1.82) is 0 Å². The molecule has 1 heterocycles. The molecule has 0 spiro atoms. The van der Waals surface area contributed by atoms with Crippen molar-refractivity contribution in [1.82, 2.24) is 5.32 Å². The van der Waals surface area contributed by atoms with E-state index >= 15 is 0 Å². The predicted molar refractivity (Wildman–Crippen MR) is 53.9 cm³/mol. The maximum absolute atomic E-state index is 11.1. The Bertz CT molecular complexity index is 242. The molecule has 0 aromatic rings. The number of carbonyl (C=O) groups is 1. The van der Waals surface area contributed by atoms with E-state index in [0.717, 1.165) is 38.1 Å². The van der Waals surface area contributed by atoms with Crippen molar-refractivity contribution in [3.05, 3.63) is 11.8 Å². The highest BCUT2D eigenvalue weighted by Crippen LogP contribution is 2.15. The Hall–Kier alpha value is -0.830. The molecule has 14 heavy (non-hydrogen) atoms. The van der Waals surface area contributed by atoms with Crippen LogP contribution in [0.1, 0.15) is 32.1 Å². The number of nitrogens with one attached hydrogen (secondary N) is 1. The summed E-state index contributed by atoms with van der Waals surface area (Å²) in [6.45, 7) is 1.75. The van der Waals surface area contributed by atoms with Crippen molar-refractivity contribution in [2.75, 3.05) is 13.2 Å². The first-order valence-electron chi connectivity index (χ1n) is 5.43. The van der Waals surface area contributed by atoms with Crippen molar-refractivity contribution in [3.63, 3.8) is 0 Å². The highest BCUT2D eigenvalue weighted by Gasteiger charge is 2.16. The second kappa shape index (κ2) is 4.60. The van der Waals surface area contributed by atoms with E-state index in [1.807, 2.05) is 0 Å². The Morgan fingerprint density at radius 2 is 2.36 bits per heavy atom. The zero-order valence-corrected chi connectivity index (χ0v) is 8.42. The summed E-state index contributed by atoms with van der Waals surface area (Å²) in [5.41, 5.74) is 1.09. The van der Waals surface area contributed by atoms with E-state index in [9.17, 15) is 4.79 Å². The first kappa shape index (κ1) is 9.71. The average molecular weight is 195 g/mol. The first-order valence-corrected chi connectivity index (χ1v) is 5.43. The molecule has 1 N–H and O–H groups in total. The number of ketones is 1. The molecule has 0 saturated carbocycles. The van der Waals surface area contributed by atoms with Gasteiger partial charge in [-0.3, -0.25) is 4.79 Å². The maximum atomic E-state index is 11.1. The molecule has 1 aliphatic carbocycles. The summed E-state index contributed by atoms with van der Waals surface area (Å²) in [5, 5.41) is 3.31. The van der Waals surface area contributed by atoms with Crippen LogP contribution in [0.4, 0.5) is 0 Å². The number of hydrogen-bond donors (Lipinski definition) is 1. The first-order chi connectivity index (χ1) is 6.84. The van der Waals surface area contributed by atoms with Gasteiger partial charge in [0.15, 0.2) is 5.78 Å². The van der Waals surface area contributed by atoms with Gasteiger partial charge in [-0.2, -0.15) is 0 Å². The van der Waals surface area contributed by atoms with Gasteiger partial charge in [0, 0.05) is 31.3 Å². The van der Waals surface area contributed by atoms with E-state index in [2.05, 4.69) is 5.32 Å². The third-order valence-corrected chi connectivity index (χ3v) is 2.79. The van der Waals surface area contributed by atoms with Gasteiger partial charge in [-0.15, -0.1) is 0 Å². The highest BCUT2D eigenvalue weighted by molar-refractivity contribution is 5.91. The van der Waals surface area contributed by atoms with E-state index in [0.29, 0.717) is 12.5 Å². The summed E-state index contributed by atoms with van der Waals surface area (Å²) in [6, 6.07) is 0. The summed E-state index contributed by atoms with van der Waals surface area (Å²) < 4.78 is 5.50. The Balaban J connectivity index is 1.76. The van der Waals surface area contributed by atoms with E-state index in [-0.39, 0.29) is 5.78 Å². The number of carbonyl (C=O) groups excluding carboxylic acids is 1. The minimum absolute atomic E-state index is 0.256. The third-order valence-electron chi connectivity index (χ3n) is 2.79. The molecule has 1 unspecified atom stereocenters. The fourth-order valence-corrected chi connectivity index (χ4v) is 1.98. The lowest BCUT2D eigenvalue weighted by molar-refractivity contribution is -0.115. The summed E-state index contributed by atoms with van der Waals surface area (Å²) in [6.07, 6.45) is 7.14. The molecular weight excluding hydrogens is 178 g/mol. The lowest BCUT2D eigenvalue weighted by Gasteiger charge is -2.17. The van der Waals surface area contributed by atoms with E-state index < -0.39 is 0 Å². The number of hydrogen-bond acceptors (Lipinski definition) is 3. The van der Waals surface area contributed by atoms with Crippen LogP contribution in [0.2, 0.25) is 0 Å². The third kappa shape index (κ3) is 2.58. The lowest BCUT2D eigenvalue weighted by atomic mass is 10.0. The summed E-state index contributed by atoms with van der Waals surface area (Å²) in [5.74, 6) is 0.256. The van der Waals surface area contributed by atoms with Crippen molar-refractivity contribution in [2.24, 2.45) is 0 Å². The monoisotopic (exact) mass is 195 g/mol. The normalized spacial score (nSPS) is 27.6. The molecule has 0 bridgehead atoms. The molecular formula is C11H17NO2. The van der Waals surface area contributed by atoms with Gasteiger partial charge >= 0.3 is 0 Å². The number of ether oxygens (including phenoxy) is 1. The highest BCUT2D eigenvalue weighted by atomic mass is 16.5. The summed E-state index contributed by atoms with van der Waals surface area (Å²) >= 11 is 0. The van der Waals surface area contributed by atoms with Crippen LogP contribution in [0.15, 0.2) is 11.8 Å².